The van der Waals surface area contributed by atoms with E-state index in [0.29, 0.717) is 12.2 Å². The molecule has 0 aliphatic heterocycles. The maximum Gasteiger partial charge on any atom is 0.188 e. The number of rotatable bonds is 8. The van der Waals surface area contributed by atoms with E-state index in [-0.39, 0.29) is 18.1 Å². The number of Topliss-reactive ketones (excluding diaryl/α,β-unsaturated/α-hetero) is 1. The quantitative estimate of drug-likeness (QED) is 0.528. The van der Waals surface area contributed by atoms with Gasteiger partial charge in [0.1, 0.15) is 6.61 Å². The average Bonchev–Trinajstić information content (AvgIpc) is 2.38. The van der Waals surface area contributed by atoms with Crippen molar-refractivity contribution >= 4 is 5.78 Å². The lowest BCUT2D eigenvalue weighted by Crippen LogP contribution is -2.10. The van der Waals surface area contributed by atoms with Gasteiger partial charge in [-0.1, -0.05) is 19.8 Å². The third kappa shape index (κ3) is 4.45. The van der Waals surface area contributed by atoms with E-state index in [1.54, 1.807) is 6.07 Å². The predicted molar refractivity (Wildman–Crippen MR) is 67.6 cm³/mol. The fourth-order valence-electron chi connectivity index (χ4n) is 1.54. The van der Waals surface area contributed by atoms with Gasteiger partial charge in [0.2, 0.25) is 0 Å². The Kier molecular flexibility index (Phi) is 6.36. The Bertz CT molecular complexity index is 391. The van der Waals surface area contributed by atoms with Gasteiger partial charge in [-0.25, -0.2) is 4.39 Å². The molecule has 0 fully saturated rings. The fourth-order valence-corrected chi connectivity index (χ4v) is 1.54. The highest BCUT2D eigenvalue weighted by atomic mass is 19.1. The van der Waals surface area contributed by atoms with E-state index in [2.05, 4.69) is 6.92 Å². The molecule has 0 heterocycles. The molecule has 0 unspecified atom stereocenters. The van der Waals surface area contributed by atoms with E-state index in [0.717, 1.165) is 19.3 Å². The van der Waals surface area contributed by atoms with Crippen LogP contribution in [-0.4, -0.2) is 26.1 Å². The number of halogens is 1. The van der Waals surface area contributed by atoms with Gasteiger partial charge < -0.3 is 9.47 Å². The first-order chi connectivity index (χ1) is 8.69. The topological polar surface area (TPSA) is 35.5 Å². The number of benzene rings is 1. The molecular formula is C14H19FO3. The van der Waals surface area contributed by atoms with Crippen LogP contribution < -0.4 is 4.74 Å². The molecule has 1 aromatic carbocycles. The van der Waals surface area contributed by atoms with Crippen molar-refractivity contribution < 1.29 is 18.7 Å². The highest BCUT2D eigenvalue weighted by Gasteiger charge is 2.10. The SMILES string of the molecule is CCCCCOCC(=O)c1ccc(OC)c(F)c1. The zero-order valence-corrected chi connectivity index (χ0v) is 10.9. The average molecular weight is 254 g/mol. The summed E-state index contributed by atoms with van der Waals surface area (Å²) in [4.78, 5) is 11.7. The van der Waals surface area contributed by atoms with Gasteiger partial charge in [-0.05, 0) is 24.6 Å². The number of ketones is 1. The summed E-state index contributed by atoms with van der Waals surface area (Å²) in [5.74, 6) is -0.613. The van der Waals surface area contributed by atoms with Gasteiger partial charge in [0.25, 0.3) is 0 Å². The van der Waals surface area contributed by atoms with Gasteiger partial charge in [0.15, 0.2) is 17.3 Å². The molecule has 0 aromatic heterocycles. The summed E-state index contributed by atoms with van der Waals surface area (Å²) in [5, 5.41) is 0. The van der Waals surface area contributed by atoms with Crippen molar-refractivity contribution in [3.63, 3.8) is 0 Å². The highest BCUT2D eigenvalue weighted by Crippen LogP contribution is 2.17. The van der Waals surface area contributed by atoms with Crippen molar-refractivity contribution in [2.75, 3.05) is 20.3 Å². The minimum Gasteiger partial charge on any atom is -0.494 e. The number of carbonyl (C=O) groups is 1. The first kappa shape index (κ1) is 14.6. The van der Waals surface area contributed by atoms with Crippen LogP contribution in [0.2, 0.25) is 0 Å². The molecule has 0 N–H and O–H groups in total. The van der Waals surface area contributed by atoms with E-state index >= 15 is 0 Å². The second kappa shape index (κ2) is 7.82. The lowest BCUT2D eigenvalue weighted by Gasteiger charge is -2.05. The number of hydrogen-bond donors (Lipinski definition) is 0. The smallest absolute Gasteiger partial charge is 0.188 e. The van der Waals surface area contributed by atoms with E-state index in [1.165, 1.54) is 19.2 Å². The number of carbonyl (C=O) groups excluding carboxylic acids is 1. The maximum atomic E-state index is 13.4. The molecule has 18 heavy (non-hydrogen) atoms. The van der Waals surface area contributed by atoms with Crippen molar-refractivity contribution in [3.8, 4) is 5.75 Å². The highest BCUT2D eigenvalue weighted by molar-refractivity contribution is 5.97. The summed E-state index contributed by atoms with van der Waals surface area (Å²) < 4.78 is 23.4. The van der Waals surface area contributed by atoms with Crippen molar-refractivity contribution in [2.45, 2.75) is 26.2 Å². The molecule has 0 aliphatic rings. The van der Waals surface area contributed by atoms with E-state index in [9.17, 15) is 9.18 Å². The van der Waals surface area contributed by atoms with Crippen molar-refractivity contribution in [2.24, 2.45) is 0 Å². The second-order valence-corrected chi connectivity index (χ2v) is 4.03. The maximum absolute atomic E-state index is 13.4. The third-order valence-corrected chi connectivity index (χ3v) is 2.60. The molecule has 0 saturated heterocycles. The first-order valence-corrected chi connectivity index (χ1v) is 6.13. The van der Waals surface area contributed by atoms with Crippen LogP contribution >= 0.6 is 0 Å². The van der Waals surface area contributed by atoms with Crippen molar-refractivity contribution in [1.29, 1.82) is 0 Å². The number of hydrogen-bond acceptors (Lipinski definition) is 3. The summed E-state index contributed by atoms with van der Waals surface area (Å²) in [6, 6.07) is 4.16. The molecule has 0 amide bonds. The fraction of sp³-hybridized carbons (Fsp3) is 0.500. The molecule has 0 radical (unpaired) electrons. The van der Waals surface area contributed by atoms with Crippen LogP contribution in [0.3, 0.4) is 0 Å². The molecule has 1 rings (SSSR count). The summed E-state index contributed by atoms with van der Waals surface area (Å²) in [5.41, 5.74) is 0.309. The Morgan fingerprint density at radius 1 is 1.33 bits per heavy atom. The number of unbranched alkanes of at least 4 members (excludes halogenated alkanes) is 2. The Morgan fingerprint density at radius 2 is 2.11 bits per heavy atom. The molecule has 100 valence electrons. The summed E-state index contributed by atoms with van der Waals surface area (Å²) >= 11 is 0. The first-order valence-electron chi connectivity index (χ1n) is 6.13. The van der Waals surface area contributed by atoms with Gasteiger partial charge in [0, 0.05) is 12.2 Å². The minimum atomic E-state index is -0.533. The number of ether oxygens (including phenoxy) is 2. The van der Waals surface area contributed by atoms with Crippen LogP contribution in [0, 0.1) is 5.82 Å². The Balaban J connectivity index is 2.44. The molecule has 1 aromatic rings. The van der Waals surface area contributed by atoms with E-state index in [1.807, 2.05) is 0 Å². The summed E-state index contributed by atoms with van der Waals surface area (Å²) in [7, 11) is 1.39. The lowest BCUT2D eigenvalue weighted by molar-refractivity contribution is 0.0752. The van der Waals surface area contributed by atoms with Gasteiger partial charge >= 0.3 is 0 Å². The molecule has 3 nitrogen and oxygen atoms in total. The van der Waals surface area contributed by atoms with E-state index in [4.69, 9.17) is 9.47 Å². The second-order valence-electron chi connectivity index (χ2n) is 4.03. The van der Waals surface area contributed by atoms with Crippen LogP contribution in [0.5, 0.6) is 5.75 Å². The van der Waals surface area contributed by atoms with Gasteiger partial charge in [-0.15, -0.1) is 0 Å². The zero-order chi connectivity index (χ0) is 13.4. The van der Waals surface area contributed by atoms with Crippen LogP contribution in [-0.2, 0) is 4.74 Å². The molecule has 0 spiro atoms. The predicted octanol–water partition coefficient (Wildman–Crippen LogP) is 3.22. The Morgan fingerprint density at radius 3 is 2.72 bits per heavy atom. The Labute approximate surface area is 107 Å². The molecular weight excluding hydrogens is 235 g/mol. The molecule has 0 atom stereocenters. The van der Waals surface area contributed by atoms with Gasteiger partial charge in [0.05, 0.1) is 7.11 Å². The largest absolute Gasteiger partial charge is 0.494 e. The van der Waals surface area contributed by atoms with Crippen molar-refractivity contribution in [1.82, 2.24) is 0 Å². The van der Waals surface area contributed by atoms with Crippen molar-refractivity contribution in [3.05, 3.63) is 29.6 Å². The zero-order valence-electron chi connectivity index (χ0n) is 10.9. The molecule has 0 bridgehead atoms. The molecule has 4 heteroatoms. The molecule has 0 saturated carbocycles. The normalized spacial score (nSPS) is 10.4. The van der Waals surface area contributed by atoms with Gasteiger partial charge in [-0.2, -0.15) is 0 Å². The third-order valence-electron chi connectivity index (χ3n) is 2.60. The van der Waals surface area contributed by atoms with E-state index < -0.39 is 5.82 Å². The Hall–Kier alpha value is -1.42. The summed E-state index contributed by atoms with van der Waals surface area (Å²) in [6.07, 6.45) is 3.15. The minimum absolute atomic E-state index is 0.00448. The van der Waals surface area contributed by atoms with Crippen LogP contribution in [0.15, 0.2) is 18.2 Å². The lowest BCUT2D eigenvalue weighted by atomic mass is 10.1. The van der Waals surface area contributed by atoms with Gasteiger partial charge in [-0.3, -0.25) is 4.79 Å². The van der Waals surface area contributed by atoms with Crippen LogP contribution in [0.25, 0.3) is 0 Å². The monoisotopic (exact) mass is 254 g/mol. The van der Waals surface area contributed by atoms with Crippen LogP contribution in [0.4, 0.5) is 4.39 Å². The summed E-state index contributed by atoms with van der Waals surface area (Å²) in [6.45, 7) is 2.67. The molecule has 0 aliphatic carbocycles. The van der Waals surface area contributed by atoms with Crippen LogP contribution in [0.1, 0.15) is 36.5 Å². The standard InChI is InChI=1S/C14H19FO3/c1-3-4-5-8-18-10-13(16)11-6-7-14(17-2)12(15)9-11/h6-7,9H,3-5,8,10H2,1-2H3. The number of methoxy groups -OCH3 is 1.